The van der Waals surface area contributed by atoms with Crippen LogP contribution in [0.1, 0.15) is 97.3 Å². The highest BCUT2D eigenvalue weighted by molar-refractivity contribution is 6.09. The minimum atomic E-state index is 0.655. The predicted molar refractivity (Wildman–Crippen MR) is 209 cm³/mol. The maximum Gasteiger partial charge on any atom is 0.0541 e. The first-order chi connectivity index (χ1) is 24.8. The van der Waals surface area contributed by atoms with Gasteiger partial charge in [-0.3, -0.25) is 0 Å². The SMILES string of the molecule is c1ccc(-c2ccc(N(c3cccc(-n4c5ccccc5c5ccccc54)c3)c3c4c(cc5c3C3CCC5CC3)C3CCC4CC3)cc2)cc1. The molecule has 244 valence electrons. The van der Waals surface area contributed by atoms with Crippen molar-refractivity contribution in [2.75, 3.05) is 4.90 Å². The van der Waals surface area contributed by atoms with E-state index in [1.54, 1.807) is 27.9 Å². The van der Waals surface area contributed by atoms with Crippen molar-refractivity contribution in [3.8, 4) is 16.8 Å². The number of hydrogen-bond donors (Lipinski definition) is 0. The lowest BCUT2D eigenvalue weighted by Crippen LogP contribution is -2.31. The van der Waals surface area contributed by atoms with Gasteiger partial charge in [0.1, 0.15) is 0 Å². The third kappa shape index (κ3) is 4.27. The lowest BCUT2D eigenvalue weighted by molar-refractivity contribution is 0.342. The largest absolute Gasteiger partial charge is 0.310 e. The van der Waals surface area contributed by atoms with E-state index >= 15 is 0 Å². The number of hydrogen-bond acceptors (Lipinski definition) is 1. The molecule has 2 fully saturated rings. The van der Waals surface area contributed by atoms with E-state index in [2.05, 4.69) is 143 Å². The van der Waals surface area contributed by atoms with Crippen LogP contribution in [0.3, 0.4) is 0 Å². The zero-order chi connectivity index (χ0) is 32.8. The van der Waals surface area contributed by atoms with Crippen molar-refractivity contribution in [1.82, 2.24) is 4.57 Å². The molecule has 1 aromatic heterocycles. The zero-order valence-electron chi connectivity index (χ0n) is 28.6. The number of nitrogens with zero attached hydrogens (tertiary/aromatic N) is 2. The summed E-state index contributed by atoms with van der Waals surface area (Å²) >= 11 is 0. The van der Waals surface area contributed by atoms with Gasteiger partial charge in [-0.2, -0.15) is 0 Å². The number of anilines is 3. The molecule has 7 aromatic rings. The van der Waals surface area contributed by atoms with Crippen molar-refractivity contribution in [3.63, 3.8) is 0 Å². The number of rotatable bonds is 5. The molecule has 50 heavy (non-hydrogen) atoms. The van der Waals surface area contributed by atoms with E-state index in [0.29, 0.717) is 23.7 Å². The molecule has 6 aromatic carbocycles. The summed E-state index contributed by atoms with van der Waals surface area (Å²) in [6, 6.07) is 50.3. The molecule has 0 atom stereocenters. The summed E-state index contributed by atoms with van der Waals surface area (Å²) in [7, 11) is 0. The molecule has 0 radical (unpaired) electrons. The van der Waals surface area contributed by atoms with Crippen LogP contribution in [0, 0.1) is 0 Å². The standard InChI is InChI=1S/C48H42N2/c1-2-9-31(10-3-1)32-25-27-37(28-26-32)49(38-11-8-12-39(29-38)50-44-15-6-4-13-40(44)41-14-5-7-16-45(41)50)48-46-35-21-17-33(18-22-35)42(46)30-43-34-19-23-36(24-20-34)47(43)48/h1-16,25-30,33-36H,17-24H2. The summed E-state index contributed by atoms with van der Waals surface area (Å²) in [5, 5.41) is 2.61. The van der Waals surface area contributed by atoms with E-state index in [0.717, 1.165) is 0 Å². The van der Waals surface area contributed by atoms with Crippen LogP contribution in [0.2, 0.25) is 0 Å². The fourth-order valence-corrected chi connectivity index (χ4v) is 10.7. The molecule has 0 saturated heterocycles. The zero-order valence-corrected chi connectivity index (χ0v) is 28.6. The Morgan fingerprint density at radius 1 is 0.420 bits per heavy atom. The summed E-state index contributed by atoms with van der Waals surface area (Å²) in [5.74, 6) is 2.74. The van der Waals surface area contributed by atoms with Crippen LogP contribution < -0.4 is 4.90 Å². The molecular weight excluding hydrogens is 605 g/mol. The molecule has 0 aliphatic heterocycles. The lowest BCUT2D eigenvalue weighted by atomic mass is 9.60. The number of aromatic nitrogens is 1. The minimum absolute atomic E-state index is 0.655. The normalized spacial score (nSPS) is 21.8. The van der Waals surface area contributed by atoms with Crippen LogP contribution in [0.5, 0.6) is 0 Å². The fraction of sp³-hybridized carbons (Fsp3) is 0.250. The summed E-state index contributed by atoms with van der Waals surface area (Å²) in [6.45, 7) is 0. The molecule has 0 spiro atoms. The topological polar surface area (TPSA) is 8.17 Å². The molecule has 0 N–H and O–H groups in total. The molecule has 0 unspecified atom stereocenters. The van der Waals surface area contributed by atoms with Crippen LogP contribution >= 0.6 is 0 Å². The van der Waals surface area contributed by atoms with Crippen molar-refractivity contribution in [2.45, 2.75) is 75.0 Å². The van der Waals surface area contributed by atoms with Gasteiger partial charge in [0.05, 0.1) is 16.7 Å². The van der Waals surface area contributed by atoms with Gasteiger partial charge in [-0.1, -0.05) is 91.0 Å². The Bertz CT molecular complexity index is 2300. The predicted octanol–water partition coefficient (Wildman–Crippen LogP) is 13.4. The molecule has 1 heterocycles. The molecule has 2 heteroatoms. The van der Waals surface area contributed by atoms with Gasteiger partial charge in [-0.05, 0) is 151 Å². The Hall–Kier alpha value is -5.08. The second-order valence-electron chi connectivity index (χ2n) is 15.5. The first-order valence-corrected chi connectivity index (χ1v) is 19.0. The van der Waals surface area contributed by atoms with Crippen LogP contribution in [-0.2, 0) is 0 Å². The highest BCUT2D eigenvalue weighted by Crippen LogP contribution is 2.61. The average Bonchev–Trinajstić information content (AvgIpc) is 3.54. The van der Waals surface area contributed by atoms with Crippen molar-refractivity contribution in [2.24, 2.45) is 0 Å². The van der Waals surface area contributed by atoms with E-state index in [9.17, 15) is 0 Å². The number of fused-ring (bicyclic) bond motifs is 7. The Kier molecular flexibility index (Phi) is 6.45. The van der Waals surface area contributed by atoms with E-state index in [-0.39, 0.29) is 0 Å². The van der Waals surface area contributed by atoms with Crippen LogP contribution in [0.25, 0.3) is 38.6 Å². The second-order valence-corrected chi connectivity index (χ2v) is 15.5. The van der Waals surface area contributed by atoms with E-state index in [1.165, 1.54) is 101 Å². The van der Waals surface area contributed by atoms with Gasteiger partial charge in [0.25, 0.3) is 0 Å². The van der Waals surface area contributed by atoms with Crippen LogP contribution in [0.15, 0.2) is 133 Å². The summed E-state index contributed by atoms with van der Waals surface area (Å²) in [6.07, 6.45) is 10.8. The molecule has 6 aliphatic rings. The molecule has 0 amide bonds. The Labute approximate surface area is 295 Å². The van der Waals surface area contributed by atoms with E-state index in [4.69, 9.17) is 0 Å². The molecule has 4 bridgehead atoms. The minimum Gasteiger partial charge on any atom is -0.310 e. The van der Waals surface area contributed by atoms with Crippen molar-refractivity contribution < 1.29 is 0 Å². The first kappa shape index (κ1) is 28.7. The van der Waals surface area contributed by atoms with Gasteiger partial charge >= 0.3 is 0 Å². The van der Waals surface area contributed by atoms with Gasteiger partial charge < -0.3 is 9.47 Å². The Morgan fingerprint density at radius 2 is 0.940 bits per heavy atom. The molecule has 13 rings (SSSR count). The summed E-state index contributed by atoms with van der Waals surface area (Å²) < 4.78 is 2.48. The van der Waals surface area contributed by atoms with Crippen molar-refractivity contribution in [3.05, 3.63) is 156 Å². The Morgan fingerprint density at radius 3 is 1.54 bits per heavy atom. The van der Waals surface area contributed by atoms with Crippen LogP contribution in [0.4, 0.5) is 17.1 Å². The maximum atomic E-state index is 2.74. The fourth-order valence-electron chi connectivity index (χ4n) is 10.7. The van der Waals surface area contributed by atoms with Gasteiger partial charge in [-0.15, -0.1) is 0 Å². The second kappa shape index (κ2) is 11.2. The average molecular weight is 647 g/mol. The monoisotopic (exact) mass is 646 g/mol. The highest BCUT2D eigenvalue weighted by Gasteiger charge is 2.43. The third-order valence-electron chi connectivity index (χ3n) is 13.0. The summed E-state index contributed by atoms with van der Waals surface area (Å²) in [4.78, 5) is 2.71. The quantitative estimate of drug-likeness (QED) is 0.181. The van der Waals surface area contributed by atoms with Gasteiger partial charge in [0, 0.05) is 27.8 Å². The van der Waals surface area contributed by atoms with E-state index < -0.39 is 0 Å². The highest BCUT2D eigenvalue weighted by atomic mass is 15.2. The summed E-state index contributed by atoms with van der Waals surface area (Å²) in [5.41, 5.74) is 17.1. The third-order valence-corrected chi connectivity index (χ3v) is 13.0. The smallest absolute Gasteiger partial charge is 0.0541 e. The van der Waals surface area contributed by atoms with Crippen molar-refractivity contribution in [1.29, 1.82) is 0 Å². The molecule has 6 aliphatic carbocycles. The molecular formula is C48H42N2. The van der Waals surface area contributed by atoms with Gasteiger partial charge in [-0.25, -0.2) is 0 Å². The number of benzene rings is 6. The maximum absolute atomic E-state index is 2.74. The molecule has 2 saturated carbocycles. The Balaban J connectivity index is 1.17. The van der Waals surface area contributed by atoms with Crippen molar-refractivity contribution >= 4 is 38.9 Å². The van der Waals surface area contributed by atoms with Gasteiger partial charge in [0.2, 0.25) is 0 Å². The van der Waals surface area contributed by atoms with E-state index in [1.807, 2.05) is 0 Å². The van der Waals surface area contributed by atoms with Gasteiger partial charge in [0.15, 0.2) is 0 Å². The molecule has 2 nitrogen and oxygen atoms in total. The number of para-hydroxylation sites is 2. The lowest BCUT2D eigenvalue weighted by Gasteiger charge is -2.48. The first-order valence-electron chi connectivity index (χ1n) is 19.0. The van der Waals surface area contributed by atoms with Crippen LogP contribution in [-0.4, -0.2) is 4.57 Å².